The number of nitrogens with zero attached hydrogens (tertiary/aromatic N) is 1. The normalized spacial score (nSPS) is 16.9. The van der Waals surface area contributed by atoms with Gasteiger partial charge in [-0.1, -0.05) is 60.7 Å². The van der Waals surface area contributed by atoms with Gasteiger partial charge in [0, 0.05) is 5.92 Å². The predicted octanol–water partition coefficient (Wildman–Crippen LogP) is 3.60. The lowest BCUT2D eigenvalue weighted by molar-refractivity contribution is -0.162. The Morgan fingerprint density at radius 2 is 1.50 bits per heavy atom. The Kier molecular flexibility index (Phi) is 8.39. The molecule has 1 aliphatic rings. The van der Waals surface area contributed by atoms with Gasteiger partial charge in [-0.2, -0.15) is 0 Å². The van der Waals surface area contributed by atoms with Gasteiger partial charge in [0.25, 0.3) is 6.47 Å². The molecule has 0 amide bonds. The molecule has 2 aromatic rings. The summed E-state index contributed by atoms with van der Waals surface area (Å²) in [5.74, 6) is -3.00. The van der Waals surface area contributed by atoms with E-state index in [9.17, 15) is 24.6 Å². The van der Waals surface area contributed by atoms with E-state index in [4.69, 9.17) is 4.74 Å². The molecule has 0 saturated carbocycles. The van der Waals surface area contributed by atoms with Crippen LogP contribution in [-0.4, -0.2) is 52.7 Å². The third-order valence-electron chi connectivity index (χ3n) is 6.19. The van der Waals surface area contributed by atoms with Crippen LogP contribution in [0.15, 0.2) is 60.7 Å². The number of aliphatic carboxylic acids is 2. The van der Waals surface area contributed by atoms with Crippen LogP contribution in [0.3, 0.4) is 0 Å². The monoisotopic (exact) mass is 439 g/mol. The topological polar surface area (TPSA) is 104 Å². The van der Waals surface area contributed by atoms with Crippen LogP contribution < -0.4 is 0 Å². The summed E-state index contributed by atoms with van der Waals surface area (Å²) in [7, 11) is 0. The number of rotatable bonds is 11. The van der Waals surface area contributed by atoms with Crippen molar-refractivity contribution in [3.63, 3.8) is 0 Å². The molecule has 32 heavy (non-hydrogen) atoms. The lowest BCUT2D eigenvalue weighted by Gasteiger charge is -2.39. The summed E-state index contributed by atoms with van der Waals surface area (Å²) < 4.78 is 4.73. The van der Waals surface area contributed by atoms with Gasteiger partial charge in [-0.05, 0) is 49.4 Å². The van der Waals surface area contributed by atoms with Crippen LogP contribution in [0.2, 0.25) is 0 Å². The van der Waals surface area contributed by atoms with Crippen LogP contribution in [0.1, 0.15) is 42.9 Å². The first-order valence-electron chi connectivity index (χ1n) is 10.9. The van der Waals surface area contributed by atoms with Crippen molar-refractivity contribution < 1.29 is 29.3 Å². The zero-order valence-corrected chi connectivity index (χ0v) is 17.9. The maximum atomic E-state index is 11.5. The molecule has 1 fully saturated rings. The highest BCUT2D eigenvalue weighted by molar-refractivity contribution is 5.76. The molecule has 2 N–H and O–H groups in total. The number of likely N-dealkylation sites (tertiary alicyclic amines) is 1. The van der Waals surface area contributed by atoms with Crippen LogP contribution in [-0.2, 0) is 19.1 Å². The Hall–Kier alpha value is -3.19. The fourth-order valence-electron chi connectivity index (χ4n) is 4.73. The van der Waals surface area contributed by atoms with Gasteiger partial charge in [0.2, 0.25) is 6.10 Å². The molecule has 0 aromatic heterocycles. The molecule has 0 spiro atoms. The fraction of sp³-hybridized carbons (Fsp3) is 0.400. The average molecular weight is 440 g/mol. The third kappa shape index (κ3) is 6.17. The molecule has 170 valence electrons. The Balaban J connectivity index is 1.71. The summed E-state index contributed by atoms with van der Waals surface area (Å²) in [6, 6.07) is 20.8. The van der Waals surface area contributed by atoms with Crippen molar-refractivity contribution in [1.29, 1.82) is 0 Å². The lowest BCUT2D eigenvalue weighted by atomic mass is 9.82. The number of piperidine rings is 1. The number of carboxylic acids is 2. The number of carbonyl (C=O) groups is 3. The van der Waals surface area contributed by atoms with Crippen molar-refractivity contribution in [2.24, 2.45) is 11.8 Å². The number of benzene rings is 2. The van der Waals surface area contributed by atoms with Gasteiger partial charge in [0.05, 0.1) is 12.5 Å². The van der Waals surface area contributed by atoms with E-state index in [1.54, 1.807) is 0 Å². The summed E-state index contributed by atoms with van der Waals surface area (Å²) in [5, 5.41) is 18.6. The Morgan fingerprint density at radius 1 is 0.969 bits per heavy atom. The van der Waals surface area contributed by atoms with Crippen LogP contribution in [0.4, 0.5) is 0 Å². The summed E-state index contributed by atoms with van der Waals surface area (Å²) in [6.07, 6.45) is 0.246. The minimum atomic E-state index is -1.44. The van der Waals surface area contributed by atoms with E-state index in [-0.39, 0.29) is 24.9 Å². The van der Waals surface area contributed by atoms with Crippen molar-refractivity contribution in [1.82, 2.24) is 4.90 Å². The molecule has 3 rings (SSSR count). The first kappa shape index (κ1) is 23.5. The molecule has 7 heteroatoms. The summed E-state index contributed by atoms with van der Waals surface area (Å²) >= 11 is 0. The Labute approximate surface area is 187 Å². The molecule has 2 atom stereocenters. The highest BCUT2D eigenvalue weighted by Gasteiger charge is 2.35. The summed E-state index contributed by atoms with van der Waals surface area (Å²) in [5.41, 5.74) is 2.43. The smallest absolute Gasteiger partial charge is 0.345 e. The van der Waals surface area contributed by atoms with Crippen LogP contribution >= 0.6 is 0 Å². The first-order valence-corrected chi connectivity index (χ1v) is 10.9. The Morgan fingerprint density at radius 3 is 1.94 bits per heavy atom. The van der Waals surface area contributed by atoms with E-state index in [1.807, 2.05) is 36.4 Å². The van der Waals surface area contributed by atoms with E-state index in [2.05, 4.69) is 29.2 Å². The molecule has 1 saturated heterocycles. The van der Waals surface area contributed by atoms with E-state index in [0.717, 1.165) is 25.9 Å². The number of carboxylic acid groups (broad SMARTS) is 2. The van der Waals surface area contributed by atoms with Crippen LogP contribution in [0.25, 0.3) is 0 Å². The number of hydrogen-bond acceptors (Lipinski definition) is 5. The molecular weight excluding hydrogens is 410 g/mol. The standard InChI is InChI=1S/C25H29NO6/c27-17-32-24(25(30)31)21(16-22(28)29)15-18-11-13-26(14-12-18)23(19-7-3-1-4-8-19)20-9-5-2-6-10-20/h1-10,17-18,21,23-24H,11-16H2,(H,28,29)(H,30,31). The number of hydrogen-bond donors (Lipinski definition) is 2. The van der Waals surface area contributed by atoms with Crippen molar-refractivity contribution in [3.8, 4) is 0 Å². The summed E-state index contributed by atoms with van der Waals surface area (Å²) in [4.78, 5) is 36.0. The van der Waals surface area contributed by atoms with E-state index >= 15 is 0 Å². The fourth-order valence-corrected chi connectivity index (χ4v) is 4.73. The maximum absolute atomic E-state index is 11.5. The van der Waals surface area contributed by atoms with Gasteiger partial charge in [-0.15, -0.1) is 0 Å². The lowest BCUT2D eigenvalue weighted by Crippen LogP contribution is -2.40. The van der Waals surface area contributed by atoms with Gasteiger partial charge < -0.3 is 14.9 Å². The van der Waals surface area contributed by atoms with Gasteiger partial charge in [-0.3, -0.25) is 14.5 Å². The van der Waals surface area contributed by atoms with E-state index in [1.165, 1.54) is 11.1 Å². The van der Waals surface area contributed by atoms with Crippen molar-refractivity contribution in [2.75, 3.05) is 13.1 Å². The molecule has 2 unspecified atom stereocenters. The molecule has 1 heterocycles. The molecular formula is C25H29NO6. The van der Waals surface area contributed by atoms with Gasteiger partial charge in [-0.25, -0.2) is 4.79 Å². The van der Waals surface area contributed by atoms with Crippen molar-refractivity contribution in [3.05, 3.63) is 71.8 Å². The Bertz CT molecular complexity index is 840. The quantitative estimate of drug-likeness (QED) is 0.516. The number of carbonyl (C=O) groups excluding carboxylic acids is 1. The highest BCUT2D eigenvalue weighted by atomic mass is 16.5. The molecule has 0 radical (unpaired) electrons. The molecule has 0 bridgehead atoms. The zero-order valence-electron chi connectivity index (χ0n) is 17.9. The SMILES string of the molecule is O=COC(C(=O)O)C(CC(=O)O)CC1CCN(C(c2ccccc2)c2ccccc2)CC1. The number of ether oxygens (including phenoxy) is 1. The van der Waals surface area contributed by atoms with Crippen LogP contribution in [0, 0.1) is 11.8 Å². The zero-order chi connectivity index (χ0) is 22.9. The van der Waals surface area contributed by atoms with Gasteiger partial charge >= 0.3 is 11.9 Å². The van der Waals surface area contributed by atoms with E-state index < -0.39 is 24.0 Å². The molecule has 2 aromatic carbocycles. The minimum Gasteiger partial charge on any atom is -0.481 e. The largest absolute Gasteiger partial charge is 0.481 e. The predicted molar refractivity (Wildman–Crippen MR) is 118 cm³/mol. The maximum Gasteiger partial charge on any atom is 0.345 e. The van der Waals surface area contributed by atoms with Crippen molar-refractivity contribution >= 4 is 18.4 Å². The summed E-state index contributed by atoms with van der Waals surface area (Å²) in [6.45, 7) is 1.71. The van der Waals surface area contributed by atoms with Gasteiger partial charge in [0.15, 0.2) is 0 Å². The van der Waals surface area contributed by atoms with Crippen LogP contribution in [0.5, 0.6) is 0 Å². The van der Waals surface area contributed by atoms with E-state index in [0.29, 0.717) is 6.42 Å². The van der Waals surface area contributed by atoms with Gasteiger partial charge in [0.1, 0.15) is 0 Å². The first-order chi connectivity index (χ1) is 15.5. The van der Waals surface area contributed by atoms with Crippen molar-refractivity contribution in [2.45, 2.75) is 37.8 Å². The molecule has 1 aliphatic heterocycles. The minimum absolute atomic E-state index is 0.0839. The second-order valence-corrected chi connectivity index (χ2v) is 8.29. The molecule has 0 aliphatic carbocycles. The second kappa shape index (κ2) is 11.4. The highest BCUT2D eigenvalue weighted by Crippen LogP contribution is 2.35. The third-order valence-corrected chi connectivity index (χ3v) is 6.19. The average Bonchev–Trinajstić information content (AvgIpc) is 2.79. The second-order valence-electron chi connectivity index (χ2n) is 8.29. The molecule has 7 nitrogen and oxygen atoms in total.